The Morgan fingerprint density at radius 1 is 1.19 bits per heavy atom. The monoisotopic (exact) mass is 452 g/mol. The molecule has 0 unspecified atom stereocenters. The van der Waals surface area contributed by atoms with Crippen LogP contribution in [-0.4, -0.2) is 32.1 Å². The predicted molar refractivity (Wildman–Crippen MR) is 121 cm³/mol. The van der Waals surface area contributed by atoms with Crippen LogP contribution in [-0.2, 0) is 25.5 Å². The summed E-state index contributed by atoms with van der Waals surface area (Å²) in [5.41, 5.74) is 2.45. The van der Waals surface area contributed by atoms with Crippen molar-refractivity contribution in [3.8, 4) is 6.07 Å². The van der Waals surface area contributed by atoms with Gasteiger partial charge in [0, 0.05) is 4.88 Å². The first kappa shape index (κ1) is 23.2. The van der Waals surface area contributed by atoms with E-state index in [0.29, 0.717) is 29.9 Å². The Bertz CT molecular complexity index is 1120. The van der Waals surface area contributed by atoms with Gasteiger partial charge in [-0.05, 0) is 41.5 Å². The van der Waals surface area contributed by atoms with Crippen LogP contribution in [0.4, 0.5) is 5.00 Å². The molecule has 0 saturated carbocycles. The topological polar surface area (TPSA) is 105 Å². The molecule has 1 aliphatic rings. The number of fused-ring (bicyclic) bond motifs is 1. The van der Waals surface area contributed by atoms with E-state index in [9.17, 15) is 19.6 Å². The molecule has 0 bridgehead atoms. The lowest BCUT2D eigenvalue weighted by atomic mass is 9.99. The van der Waals surface area contributed by atoms with Crippen molar-refractivity contribution in [1.29, 1.82) is 5.26 Å². The summed E-state index contributed by atoms with van der Waals surface area (Å²) in [5, 5.41) is 12.5. The van der Waals surface area contributed by atoms with Crippen LogP contribution in [0.3, 0.4) is 0 Å². The Hall–Kier alpha value is -3.44. The molecule has 32 heavy (non-hydrogen) atoms. The largest absolute Gasteiger partial charge is 0.469 e. The van der Waals surface area contributed by atoms with Gasteiger partial charge in [0.1, 0.15) is 16.6 Å². The van der Waals surface area contributed by atoms with Crippen LogP contribution in [0, 0.1) is 11.3 Å². The summed E-state index contributed by atoms with van der Waals surface area (Å²) in [6, 6.07) is 9.52. The molecule has 1 aliphatic carbocycles. The molecule has 2 aromatic rings. The zero-order chi connectivity index (χ0) is 23.4. The average Bonchev–Trinajstić information content (AvgIpc) is 3.35. The Balaban J connectivity index is 1.92. The Kier molecular flexibility index (Phi) is 7.11. The number of ether oxygens (including phenoxy) is 2. The second kappa shape index (κ2) is 9.79. The highest BCUT2D eigenvalue weighted by Crippen LogP contribution is 2.46. The van der Waals surface area contributed by atoms with E-state index < -0.39 is 23.8 Å². The number of amides is 1. The number of nitrogens with one attached hydrogen (secondary N) is 1. The fraction of sp³-hybridized carbons (Fsp3) is 0.333. The van der Waals surface area contributed by atoms with Gasteiger partial charge in [0.25, 0.3) is 5.91 Å². The minimum atomic E-state index is -0.652. The SMILES string of the molecule is COC(=O)c1c(NC(=O)/C(C#N)=C/c2ccc(C(C)C)cc2)sc2c1[C@H](C(=O)OC)CC2. The summed E-state index contributed by atoms with van der Waals surface area (Å²) in [6.45, 7) is 4.17. The van der Waals surface area contributed by atoms with Crippen LogP contribution in [0.2, 0.25) is 0 Å². The third-order valence-corrected chi connectivity index (χ3v) is 6.59. The number of rotatable bonds is 6. The number of carbonyl (C=O) groups is 3. The molecule has 0 fully saturated rings. The van der Waals surface area contributed by atoms with Crippen molar-refractivity contribution in [3.05, 3.63) is 57.0 Å². The van der Waals surface area contributed by atoms with Gasteiger partial charge >= 0.3 is 11.9 Å². The lowest BCUT2D eigenvalue weighted by Gasteiger charge is -2.11. The minimum Gasteiger partial charge on any atom is -0.469 e. The van der Waals surface area contributed by atoms with E-state index in [1.807, 2.05) is 30.3 Å². The summed E-state index contributed by atoms with van der Waals surface area (Å²) in [6.07, 6.45) is 2.61. The molecule has 166 valence electrons. The first-order valence-electron chi connectivity index (χ1n) is 10.2. The fourth-order valence-electron chi connectivity index (χ4n) is 3.70. The van der Waals surface area contributed by atoms with E-state index in [2.05, 4.69) is 19.2 Å². The maximum atomic E-state index is 12.8. The van der Waals surface area contributed by atoms with Gasteiger partial charge in [-0.2, -0.15) is 5.26 Å². The smallest absolute Gasteiger partial charge is 0.341 e. The van der Waals surface area contributed by atoms with Gasteiger partial charge in [-0.25, -0.2) is 4.79 Å². The number of hydrogen-bond acceptors (Lipinski definition) is 7. The normalized spacial score (nSPS) is 15.1. The van der Waals surface area contributed by atoms with Crippen molar-refractivity contribution in [2.24, 2.45) is 0 Å². The number of carbonyl (C=O) groups excluding carboxylic acids is 3. The Morgan fingerprint density at radius 3 is 2.44 bits per heavy atom. The summed E-state index contributed by atoms with van der Waals surface area (Å²) in [5.74, 6) is -1.94. The third-order valence-electron chi connectivity index (χ3n) is 5.41. The van der Waals surface area contributed by atoms with Crippen LogP contribution in [0.25, 0.3) is 6.08 Å². The zero-order valence-electron chi connectivity index (χ0n) is 18.4. The molecule has 1 atom stereocenters. The van der Waals surface area contributed by atoms with E-state index >= 15 is 0 Å². The molecule has 7 nitrogen and oxygen atoms in total. The summed E-state index contributed by atoms with van der Waals surface area (Å²) in [7, 11) is 2.53. The molecular formula is C24H24N2O5S. The number of hydrogen-bond donors (Lipinski definition) is 1. The molecule has 8 heteroatoms. The Labute approximate surface area is 190 Å². The summed E-state index contributed by atoms with van der Waals surface area (Å²) in [4.78, 5) is 38.4. The number of benzene rings is 1. The number of nitrogens with zero attached hydrogens (tertiary/aromatic N) is 1. The van der Waals surface area contributed by atoms with Crippen molar-refractivity contribution in [3.63, 3.8) is 0 Å². The first-order chi connectivity index (χ1) is 15.3. The van der Waals surface area contributed by atoms with Gasteiger partial charge in [0.2, 0.25) is 0 Å². The highest BCUT2D eigenvalue weighted by atomic mass is 32.1. The van der Waals surface area contributed by atoms with Gasteiger partial charge < -0.3 is 14.8 Å². The van der Waals surface area contributed by atoms with Crippen molar-refractivity contribution < 1.29 is 23.9 Å². The molecule has 1 amide bonds. The van der Waals surface area contributed by atoms with Crippen LogP contribution in [0.5, 0.6) is 0 Å². The van der Waals surface area contributed by atoms with Gasteiger partial charge in [-0.1, -0.05) is 38.1 Å². The van der Waals surface area contributed by atoms with Gasteiger partial charge in [-0.15, -0.1) is 11.3 Å². The fourth-order valence-corrected chi connectivity index (χ4v) is 4.96. The van der Waals surface area contributed by atoms with Crippen LogP contribution in [0.15, 0.2) is 29.8 Å². The second-order valence-corrected chi connectivity index (χ2v) is 8.80. The van der Waals surface area contributed by atoms with E-state index in [1.165, 1.54) is 31.6 Å². The number of anilines is 1. The molecule has 0 spiro atoms. The predicted octanol–water partition coefficient (Wildman–Crippen LogP) is 4.41. The van der Waals surface area contributed by atoms with E-state index in [4.69, 9.17) is 9.47 Å². The van der Waals surface area contributed by atoms with Crippen molar-refractivity contribution in [1.82, 2.24) is 0 Å². The van der Waals surface area contributed by atoms with E-state index in [1.54, 1.807) is 0 Å². The lowest BCUT2D eigenvalue weighted by Crippen LogP contribution is -2.18. The number of thiophene rings is 1. The molecule has 0 saturated heterocycles. The summed E-state index contributed by atoms with van der Waals surface area (Å²) < 4.78 is 9.77. The molecule has 1 heterocycles. The highest BCUT2D eigenvalue weighted by molar-refractivity contribution is 7.17. The summed E-state index contributed by atoms with van der Waals surface area (Å²) >= 11 is 1.21. The molecule has 0 radical (unpaired) electrons. The van der Waals surface area contributed by atoms with Crippen LogP contribution in [0.1, 0.15) is 64.0 Å². The first-order valence-corrected chi connectivity index (χ1v) is 11.0. The molecular weight excluding hydrogens is 428 g/mol. The molecule has 1 aromatic carbocycles. The molecule has 1 aromatic heterocycles. The van der Waals surface area contributed by atoms with Gasteiger partial charge in [-0.3, -0.25) is 9.59 Å². The maximum Gasteiger partial charge on any atom is 0.341 e. The van der Waals surface area contributed by atoms with E-state index in [0.717, 1.165) is 10.4 Å². The van der Waals surface area contributed by atoms with Gasteiger partial charge in [0.15, 0.2) is 0 Å². The number of aryl methyl sites for hydroxylation is 1. The third kappa shape index (κ3) is 4.58. The zero-order valence-corrected chi connectivity index (χ0v) is 19.2. The van der Waals surface area contributed by atoms with Crippen molar-refractivity contribution >= 4 is 40.3 Å². The maximum absolute atomic E-state index is 12.8. The number of esters is 2. The van der Waals surface area contributed by atoms with Crippen molar-refractivity contribution in [2.45, 2.75) is 38.5 Å². The molecule has 3 rings (SSSR count). The highest BCUT2D eigenvalue weighted by Gasteiger charge is 2.38. The second-order valence-electron chi connectivity index (χ2n) is 7.69. The lowest BCUT2D eigenvalue weighted by molar-refractivity contribution is -0.142. The average molecular weight is 453 g/mol. The van der Waals surface area contributed by atoms with Gasteiger partial charge in [0.05, 0.1) is 25.7 Å². The quantitative estimate of drug-likeness (QED) is 0.395. The number of nitriles is 1. The number of methoxy groups -OCH3 is 2. The molecule has 1 N–H and O–H groups in total. The van der Waals surface area contributed by atoms with Crippen LogP contribution >= 0.6 is 11.3 Å². The Morgan fingerprint density at radius 2 is 1.88 bits per heavy atom. The molecule has 0 aliphatic heterocycles. The minimum absolute atomic E-state index is 0.101. The van der Waals surface area contributed by atoms with E-state index in [-0.39, 0.29) is 16.1 Å². The van der Waals surface area contributed by atoms with Crippen molar-refractivity contribution in [2.75, 3.05) is 19.5 Å². The standard InChI is InChI=1S/C24H24N2O5S/c1-13(2)15-7-5-14(6-8-15)11-16(12-25)21(27)26-22-20(24(29)31-4)19-17(23(28)30-3)9-10-18(19)32-22/h5-8,11,13,17H,9-10H2,1-4H3,(H,26,27)/b16-11+/t17-/m1/s1. The van der Waals surface area contributed by atoms with Crippen LogP contribution < -0.4 is 5.32 Å².